The fourth-order valence-electron chi connectivity index (χ4n) is 6.25. The number of hydrogen-bond donors (Lipinski definition) is 1. The smallest absolute Gasteiger partial charge is 0.341 e. The molecule has 4 heterocycles. The van der Waals surface area contributed by atoms with Crippen molar-refractivity contribution in [1.82, 2.24) is 24.4 Å². The van der Waals surface area contributed by atoms with E-state index in [1.165, 1.54) is 6.07 Å². The Bertz CT molecular complexity index is 1690. The lowest BCUT2D eigenvalue weighted by Gasteiger charge is -2.16. The molecule has 3 aromatic heterocycles. The van der Waals surface area contributed by atoms with Crippen molar-refractivity contribution in [2.24, 2.45) is 11.8 Å². The van der Waals surface area contributed by atoms with Crippen molar-refractivity contribution in [3.63, 3.8) is 0 Å². The number of nitrogens with one attached hydrogen (secondary N) is 1. The molecule has 1 N–H and O–H groups in total. The number of hydrogen-bond acceptors (Lipinski definition) is 5. The van der Waals surface area contributed by atoms with Crippen molar-refractivity contribution in [3.8, 4) is 11.5 Å². The highest BCUT2D eigenvalue weighted by atomic mass is 19.2. The van der Waals surface area contributed by atoms with Crippen LogP contribution in [0.25, 0.3) is 33.6 Å². The van der Waals surface area contributed by atoms with Crippen LogP contribution < -0.4 is 5.32 Å². The Balaban J connectivity index is 1.40. The molecule has 10 heteroatoms. The molecule has 208 valence electrons. The summed E-state index contributed by atoms with van der Waals surface area (Å²) in [6.45, 7) is 2.65. The van der Waals surface area contributed by atoms with Gasteiger partial charge in [0.05, 0.1) is 30.1 Å². The first-order chi connectivity index (χ1) is 19.4. The van der Waals surface area contributed by atoms with Crippen LogP contribution in [0.2, 0.25) is 0 Å². The van der Waals surface area contributed by atoms with Gasteiger partial charge >= 0.3 is 5.97 Å². The second-order valence-corrected chi connectivity index (χ2v) is 11.5. The second-order valence-electron chi connectivity index (χ2n) is 11.5. The summed E-state index contributed by atoms with van der Waals surface area (Å²) in [4.78, 5) is 34.7. The predicted octanol–water partition coefficient (Wildman–Crippen LogP) is 5.84. The molecule has 0 radical (unpaired) electrons. The van der Waals surface area contributed by atoms with Gasteiger partial charge in [0.1, 0.15) is 16.7 Å². The van der Waals surface area contributed by atoms with E-state index in [1.807, 2.05) is 25.1 Å². The fraction of sp³-hybridized carbons (Fsp3) is 0.467. The first-order valence-electron chi connectivity index (χ1n) is 14.1. The van der Waals surface area contributed by atoms with E-state index in [0.717, 1.165) is 74.5 Å². The zero-order valence-electron chi connectivity index (χ0n) is 22.5. The first-order valence-corrected chi connectivity index (χ1v) is 14.1. The van der Waals surface area contributed by atoms with Crippen LogP contribution in [0.4, 0.5) is 8.78 Å². The number of imidazole rings is 1. The number of benzene rings is 1. The number of carbonyl (C=O) groups is 2. The SMILES string of the molecule is COC(=O)c1cc2nc(-c3cc4ccc5nc4n3CCCCC[C@@H]3C[C@H]3C(=O)N[C@@H]5C)n(C3CC3)c2c(F)c1F. The number of ether oxygens (including phenoxy) is 1. The van der Waals surface area contributed by atoms with Crippen molar-refractivity contribution >= 4 is 33.9 Å². The maximum atomic E-state index is 15.5. The number of aromatic nitrogens is 4. The summed E-state index contributed by atoms with van der Waals surface area (Å²) in [6, 6.07) is 6.95. The third kappa shape index (κ3) is 4.07. The minimum absolute atomic E-state index is 0.00700. The molecule has 3 aliphatic rings. The van der Waals surface area contributed by atoms with Crippen LogP contribution in [0.5, 0.6) is 0 Å². The molecule has 4 aromatic rings. The Morgan fingerprint density at radius 3 is 2.67 bits per heavy atom. The van der Waals surface area contributed by atoms with E-state index in [1.54, 1.807) is 4.57 Å². The molecule has 2 bridgehead atoms. The van der Waals surface area contributed by atoms with Gasteiger partial charge in [0.25, 0.3) is 0 Å². The number of aryl methyl sites for hydroxylation is 1. The molecule has 7 rings (SSSR count). The summed E-state index contributed by atoms with van der Waals surface area (Å²) in [5.41, 5.74) is 2.11. The topological polar surface area (TPSA) is 91.0 Å². The zero-order chi connectivity index (χ0) is 27.7. The first kappa shape index (κ1) is 25.2. The standard InChI is InChI=1S/C30H31F2N5O3/c1-15-21-10-7-17-13-23(36(27(17)34-21)11-5-3-4-6-16-12-19(16)29(38)33-15)28-35-22-14-20(30(39)40-2)24(31)25(32)26(22)37(28)18-8-9-18/h7,10,13-16,18-19H,3-6,8-9,11-12H2,1-2H3,(H,33,38)/t15-,16-,19-/m1/s1. The largest absolute Gasteiger partial charge is 0.465 e. The molecule has 40 heavy (non-hydrogen) atoms. The highest BCUT2D eigenvalue weighted by Gasteiger charge is 2.42. The van der Waals surface area contributed by atoms with Gasteiger partial charge in [-0.05, 0) is 69.2 Å². The molecule has 1 aliphatic heterocycles. The third-order valence-electron chi connectivity index (χ3n) is 8.69. The summed E-state index contributed by atoms with van der Waals surface area (Å²) in [5.74, 6) is -2.05. The van der Waals surface area contributed by atoms with Crippen LogP contribution in [0, 0.1) is 23.5 Å². The van der Waals surface area contributed by atoms with Gasteiger partial charge in [0, 0.05) is 23.9 Å². The molecule has 0 saturated heterocycles. The molecule has 2 fully saturated rings. The van der Waals surface area contributed by atoms with E-state index in [-0.39, 0.29) is 34.9 Å². The molecular weight excluding hydrogens is 516 g/mol. The highest BCUT2D eigenvalue weighted by Crippen LogP contribution is 2.45. The number of pyridine rings is 1. The molecule has 2 aliphatic carbocycles. The molecule has 1 amide bonds. The van der Waals surface area contributed by atoms with Crippen LogP contribution in [0.3, 0.4) is 0 Å². The third-order valence-corrected chi connectivity index (χ3v) is 8.69. The summed E-state index contributed by atoms with van der Waals surface area (Å²) < 4.78 is 39.1. The van der Waals surface area contributed by atoms with E-state index in [4.69, 9.17) is 9.97 Å². The normalized spacial score (nSPS) is 23.2. The van der Waals surface area contributed by atoms with Crippen molar-refractivity contribution in [1.29, 1.82) is 0 Å². The summed E-state index contributed by atoms with van der Waals surface area (Å²) in [7, 11) is 1.13. The van der Waals surface area contributed by atoms with Gasteiger partial charge < -0.3 is 19.2 Å². The molecule has 8 nitrogen and oxygen atoms in total. The lowest BCUT2D eigenvalue weighted by Crippen LogP contribution is -2.29. The van der Waals surface area contributed by atoms with Crippen LogP contribution >= 0.6 is 0 Å². The molecule has 1 aromatic carbocycles. The van der Waals surface area contributed by atoms with E-state index in [0.29, 0.717) is 18.3 Å². The lowest BCUT2D eigenvalue weighted by molar-refractivity contribution is -0.123. The fourth-order valence-corrected chi connectivity index (χ4v) is 6.25. The van der Waals surface area contributed by atoms with Gasteiger partial charge in [-0.2, -0.15) is 0 Å². The molecule has 3 atom stereocenters. The summed E-state index contributed by atoms with van der Waals surface area (Å²) in [5, 5.41) is 4.05. The number of carbonyl (C=O) groups excluding carboxylic acids is 2. The Kier molecular flexibility index (Phi) is 5.90. The number of esters is 1. The van der Waals surface area contributed by atoms with Gasteiger partial charge in [0.2, 0.25) is 5.91 Å². The Hall–Kier alpha value is -3.82. The highest BCUT2D eigenvalue weighted by molar-refractivity contribution is 5.95. The number of fused-ring (bicyclic) bond motifs is 3. The van der Waals surface area contributed by atoms with Crippen molar-refractivity contribution in [2.45, 2.75) is 70.5 Å². The van der Waals surface area contributed by atoms with E-state index < -0.39 is 23.2 Å². The van der Waals surface area contributed by atoms with Crippen LogP contribution in [0.1, 0.15) is 80.0 Å². The average molecular weight is 548 g/mol. The van der Waals surface area contributed by atoms with Crippen LogP contribution in [-0.2, 0) is 16.1 Å². The van der Waals surface area contributed by atoms with E-state index in [2.05, 4.69) is 14.6 Å². The van der Waals surface area contributed by atoms with E-state index >= 15 is 8.78 Å². The van der Waals surface area contributed by atoms with Crippen LogP contribution in [0.15, 0.2) is 24.3 Å². The van der Waals surface area contributed by atoms with E-state index in [9.17, 15) is 9.59 Å². The second kappa shape index (κ2) is 9.38. The summed E-state index contributed by atoms with van der Waals surface area (Å²) in [6.07, 6.45) is 6.66. The van der Waals surface area contributed by atoms with Gasteiger partial charge in [-0.25, -0.2) is 23.5 Å². The van der Waals surface area contributed by atoms with Crippen LogP contribution in [-0.4, -0.2) is 38.1 Å². The molecule has 2 saturated carbocycles. The summed E-state index contributed by atoms with van der Waals surface area (Å²) >= 11 is 0. The Morgan fingerprint density at radius 1 is 1.07 bits per heavy atom. The molecule has 0 spiro atoms. The van der Waals surface area contributed by atoms with Gasteiger partial charge in [-0.3, -0.25) is 4.79 Å². The van der Waals surface area contributed by atoms with Gasteiger partial charge in [0.15, 0.2) is 17.5 Å². The monoisotopic (exact) mass is 547 g/mol. The number of nitrogens with zero attached hydrogens (tertiary/aromatic N) is 4. The number of methoxy groups -OCH3 is 1. The van der Waals surface area contributed by atoms with Gasteiger partial charge in [-0.15, -0.1) is 0 Å². The quantitative estimate of drug-likeness (QED) is 0.326. The maximum absolute atomic E-state index is 15.5. The number of amides is 1. The maximum Gasteiger partial charge on any atom is 0.341 e. The molecular formula is C30H31F2N5O3. The van der Waals surface area contributed by atoms with Crippen molar-refractivity contribution in [2.75, 3.05) is 7.11 Å². The minimum Gasteiger partial charge on any atom is -0.465 e. The number of halogens is 2. The average Bonchev–Trinajstić information content (AvgIpc) is 3.87. The lowest BCUT2D eigenvalue weighted by atomic mass is 10.1. The minimum atomic E-state index is -1.23. The molecule has 0 unspecified atom stereocenters. The Labute approximate surface area is 229 Å². The number of rotatable bonds is 3. The van der Waals surface area contributed by atoms with Crippen molar-refractivity contribution < 1.29 is 23.1 Å². The Morgan fingerprint density at radius 2 is 1.90 bits per heavy atom. The predicted molar refractivity (Wildman–Crippen MR) is 145 cm³/mol. The zero-order valence-corrected chi connectivity index (χ0v) is 22.5. The van der Waals surface area contributed by atoms with Crippen molar-refractivity contribution in [3.05, 3.63) is 47.2 Å². The van der Waals surface area contributed by atoms with Gasteiger partial charge in [-0.1, -0.05) is 12.8 Å².